The van der Waals surface area contributed by atoms with E-state index in [0.29, 0.717) is 22.7 Å². The molecule has 1 N–H and O–H groups in total. The average Bonchev–Trinajstić information content (AvgIpc) is 2.69. The molecule has 0 aliphatic carbocycles. The summed E-state index contributed by atoms with van der Waals surface area (Å²) in [5.41, 5.74) is 0.363. The highest BCUT2D eigenvalue weighted by Gasteiger charge is 2.40. The number of benzene rings is 2. The lowest BCUT2D eigenvalue weighted by atomic mass is 9.90. The van der Waals surface area contributed by atoms with Gasteiger partial charge in [-0.15, -0.1) is 0 Å². The van der Waals surface area contributed by atoms with Crippen LogP contribution in [-0.4, -0.2) is 33.3 Å². The molecule has 2 aromatic rings. The van der Waals surface area contributed by atoms with Crippen LogP contribution >= 0.6 is 0 Å². The van der Waals surface area contributed by atoms with Crippen LogP contribution in [0.3, 0.4) is 0 Å². The van der Waals surface area contributed by atoms with E-state index in [1.807, 2.05) is 0 Å². The molecule has 0 radical (unpaired) electrons. The van der Waals surface area contributed by atoms with E-state index in [9.17, 15) is 9.18 Å². The fraction of sp³-hybridized carbons (Fsp3) is 0.350. The van der Waals surface area contributed by atoms with Crippen LogP contribution in [0.1, 0.15) is 18.8 Å². The van der Waals surface area contributed by atoms with E-state index in [2.05, 4.69) is 5.32 Å². The van der Waals surface area contributed by atoms with Gasteiger partial charge >= 0.3 is 0 Å². The van der Waals surface area contributed by atoms with Gasteiger partial charge in [0.25, 0.3) is 0 Å². The van der Waals surface area contributed by atoms with Gasteiger partial charge in [0.1, 0.15) is 17.3 Å². The zero-order chi connectivity index (χ0) is 19.4. The molecule has 0 atom stereocenters. The molecular formula is C20H22FNO5. The number of halogens is 1. The van der Waals surface area contributed by atoms with Crippen molar-refractivity contribution in [3.8, 4) is 11.5 Å². The van der Waals surface area contributed by atoms with Crippen molar-refractivity contribution in [1.82, 2.24) is 0 Å². The summed E-state index contributed by atoms with van der Waals surface area (Å²) in [6.45, 7) is 2.10. The number of carbonyl (C=O) groups is 1. The number of ether oxygens (including phenoxy) is 4. The fourth-order valence-electron chi connectivity index (χ4n) is 2.73. The van der Waals surface area contributed by atoms with Gasteiger partial charge in [-0.05, 0) is 31.2 Å². The van der Waals surface area contributed by atoms with Crippen molar-refractivity contribution in [3.05, 3.63) is 53.8 Å². The second kappa shape index (κ2) is 7.94. The van der Waals surface area contributed by atoms with E-state index in [1.165, 1.54) is 19.2 Å². The molecule has 3 rings (SSSR count). The summed E-state index contributed by atoms with van der Waals surface area (Å²) >= 11 is 0. The average molecular weight is 375 g/mol. The summed E-state index contributed by atoms with van der Waals surface area (Å²) in [7, 11) is 3.08. The van der Waals surface area contributed by atoms with Crippen molar-refractivity contribution in [2.24, 2.45) is 5.41 Å². The minimum absolute atomic E-state index is 0.166. The van der Waals surface area contributed by atoms with Gasteiger partial charge in [0, 0.05) is 11.6 Å². The van der Waals surface area contributed by atoms with Crippen molar-refractivity contribution in [2.75, 3.05) is 32.8 Å². The van der Waals surface area contributed by atoms with Crippen LogP contribution in [0.25, 0.3) is 0 Å². The van der Waals surface area contributed by atoms with Crippen LogP contribution in [0.5, 0.6) is 11.5 Å². The molecular weight excluding hydrogens is 353 g/mol. The first kappa shape index (κ1) is 19.1. The summed E-state index contributed by atoms with van der Waals surface area (Å²) < 4.78 is 34.9. The highest BCUT2D eigenvalue weighted by atomic mass is 19.1. The van der Waals surface area contributed by atoms with Crippen molar-refractivity contribution in [3.63, 3.8) is 0 Å². The predicted molar refractivity (Wildman–Crippen MR) is 97.3 cm³/mol. The van der Waals surface area contributed by atoms with Gasteiger partial charge in [0.2, 0.25) is 5.91 Å². The highest BCUT2D eigenvalue weighted by molar-refractivity contribution is 5.96. The molecule has 1 saturated heterocycles. The number of anilines is 1. The monoisotopic (exact) mass is 375 g/mol. The lowest BCUT2D eigenvalue weighted by Crippen LogP contribution is -2.45. The zero-order valence-corrected chi connectivity index (χ0v) is 15.5. The second-order valence-corrected chi connectivity index (χ2v) is 6.59. The van der Waals surface area contributed by atoms with Gasteiger partial charge in [-0.2, -0.15) is 0 Å². The van der Waals surface area contributed by atoms with Crippen LogP contribution in [0.15, 0.2) is 42.5 Å². The largest absolute Gasteiger partial charge is 0.497 e. The molecule has 1 heterocycles. The number of methoxy groups -OCH3 is 2. The Bertz CT molecular complexity index is 801. The van der Waals surface area contributed by atoms with E-state index >= 15 is 0 Å². The molecule has 2 aromatic carbocycles. The van der Waals surface area contributed by atoms with Crippen molar-refractivity contribution < 1.29 is 28.1 Å². The Labute approximate surface area is 157 Å². The summed E-state index contributed by atoms with van der Waals surface area (Å²) in [6, 6.07) is 11.0. The van der Waals surface area contributed by atoms with Crippen molar-refractivity contribution in [2.45, 2.75) is 13.2 Å². The van der Waals surface area contributed by atoms with Gasteiger partial charge in [0.05, 0.1) is 38.5 Å². The third-order valence-corrected chi connectivity index (χ3v) is 4.45. The van der Waals surface area contributed by atoms with E-state index in [-0.39, 0.29) is 24.9 Å². The standard InChI is InChI=1S/C20H22FNO5/c1-20(11-26-18(27-12-20)13-4-6-14(21)7-5-13)19(23)22-16-9-8-15(24-2)10-17(16)25-3/h4-10,18H,11-12H2,1-3H3,(H,22,23). The number of amides is 1. The molecule has 1 fully saturated rings. The third-order valence-electron chi connectivity index (χ3n) is 4.45. The Morgan fingerprint density at radius 2 is 1.78 bits per heavy atom. The molecule has 27 heavy (non-hydrogen) atoms. The van der Waals surface area contributed by atoms with Gasteiger partial charge in [-0.1, -0.05) is 12.1 Å². The first-order valence-corrected chi connectivity index (χ1v) is 8.47. The number of carbonyl (C=O) groups excluding carboxylic acids is 1. The number of hydrogen-bond donors (Lipinski definition) is 1. The summed E-state index contributed by atoms with van der Waals surface area (Å²) in [5.74, 6) is 0.548. The van der Waals surface area contributed by atoms with E-state index in [1.54, 1.807) is 44.4 Å². The van der Waals surface area contributed by atoms with Gasteiger partial charge < -0.3 is 24.3 Å². The quantitative estimate of drug-likeness (QED) is 0.866. The molecule has 0 saturated carbocycles. The first-order valence-electron chi connectivity index (χ1n) is 8.47. The third kappa shape index (κ3) is 4.20. The van der Waals surface area contributed by atoms with Crippen LogP contribution in [0.2, 0.25) is 0 Å². The molecule has 1 aliphatic heterocycles. The number of hydrogen-bond acceptors (Lipinski definition) is 5. The lowest BCUT2D eigenvalue weighted by Gasteiger charge is -2.36. The smallest absolute Gasteiger partial charge is 0.235 e. The maximum atomic E-state index is 13.0. The van der Waals surface area contributed by atoms with E-state index in [4.69, 9.17) is 18.9 Å². The zero-order valence-electron chi connectivity index (χ0n) is 15.5. The molecule has 0 spiro atoms. The highest BCUT2D eigenvalue weighted by Crippen LogP contribution is 2.35. The Morgan fingerprint density at radius 1 is 1.11 bits per heavy atom. The van der Waals surface area contributed by atoms with Crippen molar-refractivity contribution in [1.29, 1.82) is 0 Å². The minimum Gasteiger partial charge on any atom is -0.497 e. The number of nitrogens with one attached hydrogen (secondary N) is 1. The molecule has 0 aromatic heterocycles. The molecule has 144 valence electrons. The second-order valence-electron chi connectivity index (χ2n) is 6.59. The van der Waals surface area contributed by atoms with Crippen LogP contribution in [0, 0.1) is 11.2 Å². The van der Waals surface area contributed by atoms with Crippen LogP contribution < -0.4 is 14.8 Å². The molecule has 7 heteroatoms. The predicted octanol–water partition coefficient (Wildman–Crippen LogP) is 3.53. The fourth-order valence-corrected chi connectivity index (χ4v) is 2.73. The van der Waals surface area contributed by atoms with Gasteiger partial charge in [-0.25, -0.2) is 4.39 Å². The topological polar surface area (TPSA) is 66.0 Å². The van der Waals surface area contributed by atoms with Gasteiger partial charge in [-0.3, -0.25) is 4.79 Å². The summed E-state index contributed by atoms with van der Waals surface area (Å²) in [6.07, 6.45) is -0.623. The Morgan fingerprint density at radius 3 is 2.37 bits per heavy atom. The molecule has 0 bridgehead atoms. The summed E-state index contributed by atoms with van der Waals surface area (Å²) in [4.78, 5) is 12.8. The normalized spacial score (nSPS) is 22.1. The Kier molecular flexibility index (Phi) is 5.62. The van der Waals surface area contributed by atoms with Crippen LogP contribution in [0.4, 0.5) is 10.1 Å². The van der Waals surface area contributed by atoms with Gasteiger partial charge in [0.15, 0.2) is 6.29 Å². The minimum atomic E-state index is -0.874. The maximum absolute atomic E-state index is 13.0. The molecule has 1 amide bonds. The van der Waals surface area contributed by atoms with E-state index in [0.717, 1.165) is 0 Å². The maximum Gasteiger partial charge on any atom is 0.235 e. The number of rotatable bonds is 5. The SMILES string of the molecule is COc1ccc(NC(=O)C2(C)COC(c3ccc(F)cc3)OC2)c(OC)c1. The molecule has 1 aliphatic rings. The molecule has 6 nitrogen and oxygen atoms in total. The first-order chi connectivity index (χ1) is 12.9. The van der Waals surface area contributed by atoms with E-state index < -0.39 is 11.7 Å². The Balaban J connectivity index is 1.66. The van der Waals surface area contributed by atoms with Crippen molar-refractivity contribution >= 4 is 11.6 Å². The summed E-state index contributed by atoms with van der Waals surface area (Å²) in [5, 5.41) is 2.86. The lowest BCUT2D eigenvalue weighted by molar-refractivity contribution is -0.226. The molecule has 0 unspecified atom stereocenters. The van der Waals surface area contributed by atoms with Crippen LogP contribution in [-0.2, 0) is 14.3 Å². The Hall–Kier alpha value is -2.64.